The Balaban J connectivity index is 0.000000435. The fraction of sp³-hybridized carbons (Fsp3) is 0.692. The molecule has 0 fully saturated rings. The molecule has 2 aliphatic rings. The zero-order chi connectivity index (χ0) is 58.3. The Morgan fingerprint density at radius 2 is 1.07 bits per heavy atom. The number of hydrazine groups is 2. The Morgan fingerprint density at radius 3 is 1.28 bits per heavy atom. The molecule has 8 rings (SSSR count). The van der Waals surface area contributed by atoms with E-state index < -0.39 is 0 Å². The van der Waals surface area contributed by atoms with Gasteiger partial charge in [0.2, 0.25) is 11.8 Å². The van der Waals surface area contributed by atoms with Gasteiger partial charge in [0.05, 0.1) is 28.8 Å². The number of hydrogen-bond acceptors (Lipinski definition) is 24. The highest BCUT2D eigenvalue weighted by molar-refractivity contribution is 8.01. The van der Waals surface area contributed by atoms with Gasteiger partial charge >= 0.3 is 0 Å². The molecule has 0 atom stereocenters. The summed E-state index contributed by atoms with van der Waals surface area (Å²) in [5.74, 6) is 6.11. The third kappa shape index (κ3) is 25.2. The lowest BCUT2D eigenvalue weighted by atomic mass is 10.1. The van der Waals surface area contributed by atoms with Crippen LogP contribution in [0.2, 0.25) is 0 Å². The Hall–Kier alpha value is -3.36. The molecule has 0 N–H and O–H groups in total. The highest BCUT2D eigenvalue weighted by Gasteiger charge is 2.26. The van der Waals surface area contributed by atoms with Crippen LogP contribution in [0, 0.1) is 41.5 Å². The number of rotatable bonds is 8. The second kappa shape index (κ2) is 35.3. The summed E-state index contributed by atoms with van der Waals surface area (Å²) in [6.07, 6.45) is 0. The van der Waals surface area contributed by atoms with E-state index >= 15 is 0 Å². The van der Waals surface area contributed by atoms with Gasteiger partial charge in [-0.25, -0.2) is 9.97 Å². The average molecular weight is 1180 g/mol. The highest BCUT2D eigenvalue weighted by atomic mass is 32.2. The van der Waals surface area contributed by atoms with Crippen molar-refractivity contribution >= 4 is 81.6 Å². The summed E-state index contributed by atoms with van der Waals surface area (Å²) >= 11 is 11.0. The van der Waals surface area contributed by atoms with Gasteiger partial charge in [-0.3, -0.25) is 5.01 Å². The first-order valence-electron chi connectivity index (χ1n) is 25.8. The molecule has 8 heterocycles. The van der Waals surface area contributed by atoms with E-state index in [-0.39, 0.29) is 0 Å². The van der Waals surface area contributed by atoms with Crippen molar-refractivity contribution in [2.75, 3.05) is 14.1 Å². The summed E-state index contributed by atoms with van der Waals surface area (Å²) in [6, 6.07) is 1.13. The van der Waals surface area contributed by atoms with Gasteiger partial charge in [-0.2, -0.15) is 26.3 Å². The van der Waals surface area contributed by atoms with E-state index in [1.165, 1.54) is 72.4 Å². The predicted octanol–water partition coefficient (Wildman–Crippen LogP) is 16.3. The van der Waals surface area contributed by atoms with Crippen LogP contribution in [0.3, 0.4) is 0 Å². The molecular formula is C52H92N16OS7. The molecule has 6 aromatic rings. The van der Waals surface area contributed by atoms with Gasteiger partial charge in [0.25, 0.3) is 0 Å². The summed E-state index contributed by atoms with van der Waals surface area (Å²) < 4.78 is 29.9. The summed E-state index contributed by atoms with van der Waals surface area (Å²) in [5.41, 5.74) is 6.10. The highest BCUT2D eigenvalue weighted by Crippen LogP contribution is 2.37. The fourth-order valence-corrected chi connectivity index (χ4v) is 11.5. The normalized spacial score (nSPS) is 13.6. The minimum atomic E-state index is 0.339. The lowest BCUT2D eigenvalue weighted by Gasteiger charge is -2.30. The van der Waals surface area contributed by atoms with E-state index in [0.29, 0.717) is 59.4 Å². The molecule has 2 aliphatic heterocycles. The molecule has 428 valence electrons. The first kappa shape index (κ1) is 70.7. The minimum absolute atomic E-state index is 0.339. The predicted molar refractivity (Wildman–Crippen MR) is 328 cm³/mol. The van der Waals surface area contributed by atoms with E-state index in [0.717, 1.165) is 48.8 Å². The standard InChI is InChI=1S/2C8H16N2S.C6H10N2O.5C6H10N2S/c1-6(2)10-7(3)8(4)11-9(10)5;1-6(2)10-9(5)7(3)8(4)11-10;2*1-4(2)6-8-7-5(3)9-6;1-4(2)6-7-5(3)9-8-6;1-4(2)6-7-5(3)8-9-6;1-4(2)6-5(3)9-8-7-6;1-4(2)6-5(3)7-9-8-6/h2*6H,1-5H3;6*4H,1-3H3. The Kier molecular flexibility index (Phi) is 32.8. The Morgan fingerprint density at radius 1 is 0.474 bits per heavy atom. The molecule has 0 aliphatic carbocycles. The van der Waals surface area contributed by atoms with Crippen molar-refractivity contribution in [3.63, 3.8) is 0 Å². The molecule has 0 saturated carbocycles. The molecule has 0 spiro atoms. The van der Waals surface area contributed by atoms with Crippen LogP contribution in [-0.2, 0) is 0 Å². The number of aromatic nitrogens is 12. The van der Waals surface area contributed by atoms with Crippen LogP contribution in [0.1, 0.15) is 239 Å². The molecule has 0 aromatic carbocycles. The molecule has 24 heteroatoms. The molecule has 0 bridgehead atoms. The second-order valence-electron chi connectivity index (χ2n) is 20.3. The van der Waals surface area contributed by atoms with Gasteiger partial charge < -0.3 is 9.43 Å². The number of hydrogen-bond donors (Lipinski definition) is 0. The Bertz CT molecular complexity index is 2360. The maximum Gasteiger partial charge on any atom is 0.219 e. The van der Waals surface area contributed by atoms with Crippen LogP contribution in [-0.4, -0.2) is 102 Å². The van der Waals surface area contributed by atoms with Gasteiger partial charge in [0.1, 0.15) is 31.7 Å². The second-order valence-corrected chi connectivity index (χ2v) is 27.3. The maximum absolute atomic E-state index is 5.12. The summed E-state index contributed by atoms with van der Waals surface area (Å²) in [4.78, 5) is 12.5. The zero-order valence-electron chi connectivity index (χ0n) is 51.0. The van der Waals surface area contributed by atoms with E-state index in [1.807, 2.05) is 53.5 Å². The molecule has 0 unspecified atom stereocenters. The number of allylic oxidation sites excluding steroid dienone is 4. The molecule has 0 amide bonds. The van der Waals surface area contributed by atoms with Crippen molar-refractivity contribution in [3.05, 3.63) is 86.6 Å². The monoisotopic (exact) mass is 1180 g/mol. The minimum Gasteiger partial charge on any atom is -0.425 e. The number of aryl methyl sites for hydroxylation is 6. The largest absolute Gasteiger partial charge is 0.425 e. The topological polar surface area (TPSA) is 181 Å². The van der Waals surface area contributed by atoms with Crippen LogP contribution in [0.5, 0.6) is 0 Å². The van der Waals surface area contributed by atoms with Crippen molar-refractivity contribution in [2.24, 2.45) is 0 Å². The summed E-state index contributed by atoms with van der Waals surface area (Å²) in [6.45, 7) is 54.5. The molecule has 0 saturated heterocycles. The van der Waals surface area contributed by atoms with Crippen LogP contribution in [0.15, 0.2) is 25.6 Å². The van der Waals surface area contributed by atoms with E-state index in [1.54, 1.807) is 30.2 Å². The number of nitrogens with zero attached hydrogens (tertiary/aromatic N) is 16. The Labute approximate surface area is 487 Å². The SMILES string of the molecule is CC1=C(C)N(C(C)C)N(C)S1.CC1=C(C)N(C)N(C(C)C)S1.Cc1nc(C(C)C)ns1.Cc1nnc(C(C)C)o1.Cc1nnc(C(C)C)s1.Cc1nsc(C(C)C)n1.Cc1nsnc1C(C)C.Cc1snnc1C(C)C. The van der Waals surface area contributed by atoms with Crippen molar-refractivity contribution in [3.8, 4) is 0 Å². The lowest BCUT2D eigenvalue weighted by molar-refractivity contribution is 0.114. The molecular weight excluding hydrogens is 1090 g/mol. The third-order valence-electron chi connectivity index (χ3n) is 10.5. The molecule has 0 radical (unpaired) electrons. The lowest BCUT2D eigenvalue weighted by Crippen LogP contribution is -2.35. The van der Waals surface area contributed by atoms with Gasteiger partial charge in [0, 0.05) is 82.9 Å². The fourth-order valence-electron chi connectivity index (χ4n) is 6.20. The van der Waals surface area contributed by atoms with Gasteiger partial charge in [0.15, 0.2) is 0 Å². The van der Waals surface area contributed by atoms with Crippen LogP contribution >= 0.6 is 81.6 Å². The van der Waals surface area contributed by atoms with Crippen LogP contribution in [0.25, 0.3) is 0 Å². The molecule has 6 aromatic heterocycles. The van der Waals surface area contributed by atoms with Gasteiger partial charge in [-0.1, -0.05) is 87.6 Å². The molecule has 17 nitrogen and oxygen atoms in total. The smallest absolute Gasteiger partial charge is 0.219 e. The first-order chi connectivity index (χ1) is 35.3. The van der Waals surface area contributed by atoms with E-state index in [2.05, 4.69) is 222 Å². The van der Waals surface area contributed by atoms with Crippen LogP contribution < -0.4 is 0 Å². The zero-order valence-corrected chi connectivity index (χ0v) is 56.8. The quantitative estimate of drug-likeness (QED) is 0.131. The average Bonchev–Trinajstić information content (AvgIpc) is 4.20. The van der Waals surface area contributed by atoms with Crippen molar-refractivity contribution < 1.29 is 4.42 Å². The van der Waals surface area contributed by atoms with Crippen molar-refractivity contribution in [1.29, 1.82) is 0 Å². The maximum atomic E-state index is 5.12. The van der Waals surface area contributed by atoms with E-state index in [9.17, 15) is 0 Å². The van der Waals surface area contributed by atoms with Gasteiger partial charge in [-0.05, 0) is 160 Å². The summed E-state index contributed by atoms with van der Waals surface area (Å²) in [5, 5.41) is 28.3. The van der Waals surface area contributed by atoms with Crippen molar-refractivity contribution in [1.82, 2.24) is 76.3 Å². The van der Waals surface area contributed by atoms with Crippen molar-refractivity contribution in [2.45, 2.75) is 228 Å². The van der Waals surface area contributed by atoms with Crippen LogP contribution in [0.4, 0.5) is 0 Å². The third-order valence-corrected chi connectivity index (χ3v) is 17.1. The first-order valence-corrected chi connectivity index (χ1v) is 31.3. The van der Waals surface area contributed by atoms with Gasteiger partial charge in [-0.15, -0.1) is 36.8 Å². The molecule has 76 heavy (non-hydrogen) atoms. The summed E-state index contributed by atoms with van der Waals surface area (Å²) in [7, 11) is 4.21. The van der Waals surface area contributed by atoms with E-state index in [4.69, 9.17) is 4.42 Å².